The summed E-state index contributed by atoms with van der Waals surface area (Å²) in [7, 11) is -4.77. The Morgan fingerprint density at radius 1 is 0.846 bits per heavy atom. The first-order valence-corrected chi connectivity index (χ1v) is 13.7. The first-order chi connectivity index (χ1) is 18.6. The molecule has 1 aliphatic heterocycles. The van der Waals surface area contributed by atoms with E-state index < -0.39 is 50.1 Å². The van der Waals surface area contributed by atoms with Gasteiger partial charge in [0.15, 0.2) is 0 Å². The van der Waals surface area contributed by atoms with Crippen LogP contribution < -0.4 is 5.32 Å². The van der Waals surface area contributed by atoms with E-state index >= 15 is 0 Å². The minimum atomic E-state index is -4.77. The number of halogens is 2. The van der Waals surface area contributed by atoms with Crippen molar-refractivity contribution in [1.29, 1.82) is 0 Å². The maximum absolute atomic E-state index is 14.0. The second kappa shape index (κ2) is 10.3. The summed E-state index contributed by atoms with van der Waals surface area (Å²) >= 11 is 0. The Bertz CT molecular complexity index is 1610. The average Bonchev–Trinajstić information content (AvgIpc) is 2.92. The molecule has 1 saturated heterocycles. The Morgan fingerprint density at radius 2 is 1.46 bits per heavy atom. The molecule has 39 heavy (non-hydrogen) atoms. The van der Waals surface area contributed by atoms with Crippen molar-refractivity contribution in [3.63, 3.8) is 0 Å². The van der Waals surface area contributed by atoms with Gasteiger partial charge in [0.1, 0.15) is 22.1 Å². The summed E-state index contributed by atoms with van der Waals surface area (Å²) < 4.78 is 63.0. The number of amides is 1. The Kier molecular flexibility index (Phi) is 7.07. The van der Waals surface area contributed by atoms with Gasteiger partial charge in [-0.25, -0.2) is 8.78 Å². The van der Waals surface area contributed by atoms with Crippen LogP contribution >= 0.6 is 0 Å². The molecule has 4 aromatic rings. The van der Waals surface area contributed by atoms with Crippen LogP contribution in [0.25, 0.3) is 11.1 Å². The second-order valence-corrected chi connectivity index (χ2v) is 10.9. The summed E-state index contributed by atoms with van der Waals surface area (Å²) in [5.74, 6) is -2.25. The van der Waals surface area contributed by atoms with Crippen molar-refractivity contribution in [1.82, 2.24) is 5.32 Å². The number of aliphatic hydroxyl groups is 1. The summed E-state index contributed by atoms with van der Waals surface area (Å²) in [4.78, 5) is 12.7. The van der Waals surface area contributed by atoms with Gasteiger partial charge < -0.3 is 10.4 Å². The number of carbonyl (C=O) groups excluding carboxylic acids is 1. The highest BCUT2D eigenvalue weighted by Crippen LogP contribution is 2.51. The van der Waals surface area contributed by atoms with Crippen molar-refractivity contribution >= 4 is 16.0 Å². The Balaban J connectivity index is 1.68. The molecule has 0 spiro atoms. The number of nitrogens with one attached hydrogen (secondary N) is 1. The normalized spacial score (nSPS) is 19.7. The molecule has 1 fully saturated rings. The van der Waals surface area contributed by atoms with E-state index in [1.54, 1.807) is 36.4 Å². The van der Waals surface area contributed by atoms with Gasteiger partial charge in [0, 0.05) is 5.56 Å². The van der Waals surface area contributed by atoms with E-state index in [9.17, 15) is 31.7 Å². The molecule has 1 aliphatic rings. The molecule has 0 unspecified atom stereocenters. The first-order valence-electron chi connectivity index (χ1n) is 12.3. The number of hydrogen-bond acceptors (Lipinski definition) is 4. The standard InChI is InChI=1S/C30H25F2NO5S/c31-22-13-9-20(10-14-22)26(34)18-17-25-29(35)33-30(25,21-11-15-23(32)16-12-21)28-24(19-5-2-1-3-6-19)7-4-8-27(28)39(36,37)38/h1-16,25-26,34H,17-18H2,(H,33,35)(H,36,37,38)/t25-,26-,30+/m0/s1. The van der Waals surface area contributed by atoms with Gasteiger partial charge in [0.05, 0.1) is 12.0 Å². The van der Waals surface area contributed by atoms with Crippen molar-refractivity contribution in [2.24, 2.45) is 5.92 Å². The van der Waals surface area contributed by atoms with E-state index in [-0.39, 0.29) is 18.4 Å². The molecular formula is C30H25F2NO5S. The topological polar surface area (TPSA) is 104 Å². The molecule has 0 radical (unpaired) electrons. The third kappa shape index (κ3) is 4.96. The lowest BCUT2D eigenvalue weighted by Gasteiger charge is -2.51. The molecule has 0 aromatic heterocycles. The summed E-state index contributed by atoms with van der Waals surface area (Å²) in [6.07, 6.45) is -0.813. The van der Waals surface area contributed by atoms with E-state index in [1.165, 1.54) is 60.7 Å². The monoisotopic (exact) mass is 549 g/mol. The van der Waals surface area contributed by atoms with Crippen LogP contribution in [0.1, 0.15) is 35.6 Å². The molecule has 1 amide bonds. The molecule has 3 N–H and O–H groups in total. The van der Waals surface area contributed by atoms with Crippen LogP contribution in [0.2, 0.25) is 0 Å². The minimum Gasteiger partial charge on any atom is -0.388 e. The predicted molar refractivity (Wildman–Crippen MR) is 141 cm³/mol. The molecule has 3 atom stereocenters. The first kappa shape index (κ1) is 26.7. The molecule has 5 rings (SSSR count). The zero-order valence-corrected chi connectivity index (χ0v) is 21.4. The average molecular weight is 550 g/mol. The second-order valence-electron chi connectivity index (χ2n) is 9.52. The maximum Gasteiger partial charge on any atom is 0.294 e. The Labute approximate surface area is 224 Å². The van der Waals surface area contributed by atoms with Crippen molar-refractivity contribution < 1.29 is 31.7 Å². The van der Waals surface area contributed by atoms with Gasteiger partial charge in [-0.3, -0.25) is 9.35 Å². The van der Waals surface area contributed by atoms with Gasteiger partial charge in [0.2, 0.25) is 5.91 Å². The molecular weight excluding hydrogens is 524 g/mol. The molecule has 200 valence electrons. The van der Waals surface area contributed by atoms with E-state index in [0.29, 0.717) is 22.3 Å². The van der Waals surface area contributed by atoms with Gasteiger partial charge in [-0.2, -0.15) is 8.42 Å². The lowest BCUT2D eigenvalue weighted by Crippen LogP contribution is -2.67. The molecule has 0 bridgehead atoms. The van der Waals surface area contributed by atoms with E-state index in [2.05, 4.69) is 5.32 Å². The van der Waals surface area contributed by atoms with Crippen LogP contribution in [-0.2, 0) is 20.5 Å². The summed E-state index contributed by atoms with van der Waals surface area (Å²) in [6, 6.07) is 24.1. The van der Waals surface area contributed by atoms with Crippen LogP contribution in [0, 0.1) is 17.6 Å². The van der Waals surface area contributed by atoms with Gasteiger partial charge >= 0.3 is 0 Å². The van der Waals surface area contributed by atoms with Crippen LogP contribution in [-0.4, -0.2) is 24.0 Å². The van der Waals surface area contributed by atoms with Crippen LogP contribution in [0.5, 0.6) is 0 Å². The predicted octanol–water partition coefficient (Wildman–Crippen LogP) is 5.38. The Morgan fingerprint density at radius 3 is 2.05 bits per heavy atom. The highest BCUT2D eigenvalue weighted by Gasteiger charge is 2.57. The van der Waals surface area contributed by atoms with Crippen molar-refractivity contribution in [3.05, 3.63) is 125 Å². The zero-order valence-electron chi connectivity index (χ0n) is 20.6. The molecule has 9 heteroatoms. The number of aliphatic hydroxyl groups excluding tert-OH is 1. The number of benzene rings is 4. The Hall–Kier alpha value is -3.92. The van der Waals surface area contributed by atoms with E-state index in [4.69, 9.17) is 0 Å². The lowest BCUT2D eigenvalue weighted by atomic mass is 9.63. The van der Waals surface area contributed by atoms with Crippen molar-refractivity contribution in [2.75, 3.05) is 0 Å². The summed E-state index contributed by atoms with van der Waals surface area (Å²) in [5.41, 5.74) is 0.658. The van der Waals surface area contributed by atoms with Gasteiger partial charge in [-0.05, 0) is 65.4 Å². The highest BCUT2D eigenvalue weighted by molar-refractivity contribution is 7.85. The van der Waals surface area contributed by atoms with Crippen LogP contribution in [0.15, 0.2) is 102 Å². The van der Waals surface area contributed by atoms with Gasteiger partial charge in [-0.1, -0.05) is 66.7 Å². The molecule has 0 saturated carbocycles. The zero-order chi connectivity index (χ0) is 27.8. The number of rotatable bonds is 8. The minimum absolute atomic E-state index is 0.0986. The fourth-order valence-electron chi connectivity index (χ4n) is 5.39. The third-order valence-corrected chi connectivity index (χ3v) is 8.12. The van der Waals surface area contributed by atoms with Crippen molar-refractivity contribution in [2.45, 2.75) is 29.4 Å². The smallest absolute Gasteiger partial charge is 0.294 e. The quantitative estimate of drug-likeness (QED) is 0.202. The fourth-order valence-corrected chi connectivity index (χ4v) is 6.17. The lowest BCUT2D eigenvalue weighted by molar-refractivity contribution is -0.141. The highest BCUT2D eigenvalue weighted by atomic mass is 32.2. The number of carbonyl (C=O) groups is 1. The molecule has 4 aromatic carbocycles. The molecule has 1 heterocycles. The van der Waals surface area contributed by atoms with Gasteiger partial charge in [-0.15, -0.1) is 0 Å². The largest absolute Gasteiger partial charge is 0.388 e. The summed E-state index contributed by atoms with van der Waals surface area (Å²) in [5, 5.41) is 13.7. The SMILES string of the molecule is O=C1N[C@@](c2ccc(F)cc2)(c2c(-c3ccccc3)cccc2S(=O)(=O)O)[C@H]1CC[C@H](O)c1ccc(F)cc1. The maximum atomic E-state index is 14.0. The fraction of sp³-hybridized carbons (Fsp3) is 0.167. The van der Waals surface area contributed by atoms with E-state index in [0.717, 1.165) is 0 Å². The number of β-lactam (4-membered cyclic amide) rings is 1. The van der Waals surface area contributed by atoms with Gasteiger partial charge in [0.25, 0.3) is 10.1 Å². The third-order valence-electron chi connectivity index (χ3n) is 7.23. The molecule has 0 aliphatic carbocycles. The van der Waals surface area contributed by atoms with E-state index in [1.807, 2.05) is 0 Å². The van der Waals surface area contributed by atoms with Crippen LogP contribution in [0.4, 0.5) is 8.78 Å². The van der Waals surface area contributed by atoms with Crippen LogP contribution in [0.3, 0.4) is 0 Å². The van der Waals surface area contributed by atoms with Crippen molar-refractivity contribution in [3.8, 4) is 11.1 Å². The molecule has 6 nitrogen and oxygen atoms in total. The summed E-state index contributed by atoms with van der Waals surface area (Å²) in [6.45, 7) is 0. The number of hydrogen-bond donors (Lipinski definition) is 3.